The molecular formula is C17H17ClN2O. The van der Waals surface area contributed by atoms with Crippen molar-refractivity contribution in [2.45, 2.75) is 19.8 Å². The zero-order valence-corrected chi connectivity index (χ0v) is 12.7. The molecule has 0 aliphatic carbocycles. The van der Waals surface area contributed by atoms with Gasteiger partial charge in [0, 0.05) is 12.1 Å². The highest BCUT2D eigenvalue weighted by atomic mass is 35.5. The molecule has 2 aromatic carbocycles. The van der Waals surface area contributed by atoms with Gasteiger partial charge in [0.25, 0.3) is 5.91 Å². The largest absolute Gasteiger partial charge is 0.398 e. The molecule has 0 saturated heterocycles. The van der Waals surface area contributed by atoms with Crippen LogP contribution in [0.4, 0.5) is 11.4 Å². The Kier molecular flexibility index (Phi) is 3.60. The molecule has 0 unspecified atom stereocenters. The average Bonchev–Trinajstić information content (AvgIpc) is 2.49. The number of carbonyl (C=O) groups excluding carboxylic acids is 1. The molecule has 0 spiro atoms. The number of anilines is 2. The number of aryl methyl sites for hydroxylation is 2. The molecule has 2 aromatic rings. The van der Waals surface area contributed by atoms with Crippen molar-refractivity contribution in [3.63, 3.8) is 0 Å². The molecule has 0 aromatic heterocycles. The second-order valence-corrected chi connectivity index (χ2v) is 5.79. The van der Waals surface area contributed by atoms with E-state index in [-0.39, 0.29) is 5.91 Å². The van der Waals surface area contributed by atoms with Crippen LogP contribution in [0.25, 0.3) is 0 Å². The van der Waals surface area contributed by atoms with Crippen LogP contribution >= 0.6 is 11.6 Å². The van der Waals surface area contributed by atoms with Gasteiger partial charge < -0.3 is 10.6 Å². The van der Waals surface area contributed by atoms with Gasteiger partial charge in [-0.1, -0.05) is 29.8 Å². The van der Waals surface area contributed by atoms with Crippen LogP contribution in [0.15, 0.2) is 36.4 Å². The molecule has 4 heteroatoms. The Morgan fingerprint density at radius 1 is 1.29 bits per heavy atom. The van der Waals surface area contributed by atoms with Crippen molar-refractivity contribution in [2.75, 3.05) is 17.2 Å². The maximum Gasteiger partial charge on any atom is 0.258 e. The van der Waals surface area contributed by atoms with Crippen LogP contribution in [0.3, 0.4) is 0 Å². The molecule has 1 aliphatic heterocycles. The monoisotopic (exact) mass is 300 g/mol. The number of nitrogen functional groups attached to an aromatic ring is 1. The molecule has 108 valence electrons. The number of carbonyl (C=O) groups is 1. The molecule has 1 heterocycles. The van der Waals surface area contributed by atoms with Gasteiger partial charge in [-0.15, -0.1) is 0 Å². The number of fused-ring (bicyclic) bond motifs is 1. The van der Waals surface area contributed by atoms with E-state index in [0.29, 0.717) is 16.3 Å². The zero-order chi connectivity index (χ0) is 15.0. The lowest BCUT2D eigenvalue weighted by atomic mass is 9.97. The summed E-state index contributed by atoms with van der Waals surface area (Å²) in [5.74, 6) is -0.0212. The molecule has 0 radical (unpaired) electrons. The van der Waals surface area contributed by atoms with Crippen LogP contribution in [0.1, 0.15) is 27.9 Å². The number of halogens is 1. The molecular weight excluding hydrogens is 284 g/mol. The van der Waals surface area contributed by atoms with Crippen molar-refractivity contribution in [1.82, 2.24) is 0 Å². The Balaban J connectivity index is 2.02. The Hall–Kier alpha value is -2.00. The summed E-state index contributed by atoms with van der Waals surface area (Å²) in [7, 11) is 0. The Bertz CT molecular complexity index is 712. The van der Waals surface area contributed by atoms with E-state index >= 15 is 0 Å². The number of rotatable bonds is 1. The van der Waals surface area contributed by atoms with Gasteiger partial charge in [0.15, 0.2) is 0 Å². The lowest BCUT2D eigenvalue weighted by Gasteiger charge is -2.31. The fourth-order valence-electron chi connectivity index (χ4n) is 2.87. The number of benzene rings is 2. The third-order valence-corrected chi connectivity index (χ3v) is 4.24. The fourth-order valence-corrected chi connectivity index (χ4v) is 3.05. The van der Waals surface area contributed by atoms with Gasteiger partial charge in [-0.2, -0.15) is 0 Å². The topological polar surface area (TPSA) is 46.3 Å². The minimum atomic E-state index is -0.0212. The quantitative estimate of drug-likeness (QED) is 0.814. The Morgan fingerprint density at radius 2 is 2.10 bits per heavy atom. The highest BCUT2D eigenvalue weighted by Gasteiger charge is 2.25. The summed E-state index contributed by atoms with van der Waals surface area (Å²) in [4.78, 5) is 14.7. The molecule has 1 amide bonds. The van der Waals surface area contributed by atoms with Gasteiger partial charge in [0.2, 0.25) is 0 Å². The molecule has 0 fully saturated rings. The predicted molar refractivity (Wildman–Crippen MR) is 87.0 cm³/mol. The SMILES string of the molecule is Cc1cccc2c1N(C(=O)c1ccc(N)c(Cl)c1)CCC2. The molecule has 1 aliphatic rings. The molecule has 0 saturated carbocycles. The molecule has 2 N–H and O–H groups in total. The summed E-state index contributed by atoms with van der Waals surface area (Å²) in [5, 5.41) is 0.419. The number of hydrogen-bond donors (Lipinski definition) is 1. The fraction of sp³-hybridized carbons (Fsp3) is 0.235. The van der Waals surface area contributed by atoms with Gasteiger partial charge in [-0.25, -0.2) is 0 Å². The first-order valence-corrected chi connectivity index (χ1v) is 7.41. The standard InChI is InChI=1S/C17H17ClN2O/c1-11-4-2-5-12-6-3-9-20(16(11)12)17(21)13-7-8-15(19)14(18)10-13/h2,4-5,7-8,10H,3,6,9,19H2,1H3. The van der Waals surface area contributed by atoms with Crippen LogP contribution in [0, 0.1) is 6.92 Å². The van der Waals surface area contributed by atoms with E-state index in [1.165, 1.54) is 5.56 Å². The van der Waals surface area contributed by atoms with Crippen LogP contribution in [0.5, 0.6) is 0 Å². The van der Waals surface area contributed by atoms with Crippen molar-refractivity contribution in [2.24, 2.45) is 0 Å². The molecule has 3 nitrogen and oxygen atoms in total. The lowest BCUT2D eigenvalue weighted by Crippen LogP contribution is -2.36. The molecule has 0 atom stereocenters. The number of amides is 1. The second-order valence-electron chi connectivity index (χ2n) is 5.38. The maximum absolute atomic E-state index is 12.8. The summed E-state index contributed by atoms with van der Waals surface area (Å²) in [6.45, 7) is 2.78. The van der Waals surface area contributed by atoms with Gasteiger partial charge in [-0.05, 0) is 49.1 Å². The summed E-state index contributed by atoms with van der Waals surface area (Å²) in [5.41, 5.74) is 10.2. The first-order valence-electron chi connectivity index (χ1n) is 7.03. The normalized spacial score (nSPS) is 13.9. The molecule has 3 rings (SSSR count). The van der Waals surface area contributed by atoms with Crippen LogP contribution < -0.4 is 10.6 Å². The maximum atomic E-state index is 12.8. The Morgan fingerprint density at radius 3 is 2.86 bits per heavy atom. The van der Waals surface area contributed by atoms with E-state index in [4.69, 9.17) is 17.3 Å². The smallest absolute Gasteiger partial charge is 0.258 e. The van der Waals surface area contributed by atoms with E-state index in [1.54, 1.807) is 18.2 Å². The summed E-state index contributed by atoms with van der Waals surface area (Å²) < 4.78 is 0. The molecule has 0 bridgehead atoms. The number of nitrogens with two attached hydrogens (primary N) is 1. The van der Waals surface area contributed by atoms with Gasteiger partial charge in [0.05, 0.1) is 16.4 Å². The minimum Gasteiger partial charge on any atom is -0.398 e. The first kappa shape index (κ1) is 14.0. The molecule has 21 heavy (non-hydrogen) atoms. The lowest BCUT2D eigenvalue weighted by molar-refractivity contribution is 0.0985. The predicted octanol–water partition coefficient (Wildman–Crippen LogP) is 3.82. The number of para-hydroxylation sites is 1. The average molecular weight is 301 g/mol. The summed E-state index contributed by atoms with van der Waals surface area (Å²) in [6, 6.07) is 11.2. The zero-order valence-electron chi connectivity index (χ0n) is 11.9. The van der Waals surface area contributed by atoms with Crippen molar-refractivity contribution < 1.29 is 4.79 Å². The van der Waals surface area contributed by atoms with Crippen molar-refractivity contribution in [3.8, 4) is 0 Å². The van der Waals surface area contributed by atoms with E-state index in [1.807, 2.05) is 24.0 Å². The first-order chi connectivity index (χ1) is 10.1. The number of hydrogen-bond acceptors (Lipinski definition) is 2. The van der Waals surface area contributed by atoms with Gasteiger partial charge in [-0.3, -0.25) is 4.79 Å². The van der Waals surface area contributed by atoms with Crippen molar-refractivity contribution in [1.29, 1.82) is 0 Å². The van der Waals surface area contributed by atoms with E-state index in [9.17, 15) is 4.79 Å². The van der Waals surface area contributed by atoms with Gasteiger partial charge in [0.1, 0.15) is 0 Å². The number of nitrogens with zero attached hydrogens (tertiary/aromatic N) is 1. The summed E-state index contributed by atoms with van der Waals surface area (Å²) >= 11 is 6.03. The van der Waals surface area contributed by atoms with E-state index in [2.05, 4.69) is 6.07 Å². The highest BCUT2D eigenvalue weighted by Crippen LogP contribution is 2.32. The third kappa shape index (κ3) is 2.49. The van der Waals surface area contributed by atoms with Crippen LogP contribution in [-0.4, -0.2) is 12.5 Å². The minimum absolute atomic E-state index is 0.0212. The van der Waals surface area contributed by atoms with Crippen molar-refractivity contribution in [3.05, 3.63) is 58.1 Å². The van der Waals surface area contributed by atoms with Gasteiger partial charge >= 0.3 is 0 Å². The van der Waals surface area contributed by atoms with E-state index < -0.39 is 0 Å². The summed E-state index contributed by atoms with van der Waals surface area (Å²) in [6.07, 6.45) is 1.99. The van der Waals surface area contributed by atoms with E-state index in [0.717, 1.165) is 30.6 Å². The second kappa shape index (κ2) is 5.41. The van der Waals surface area contributed by atoms with Crippen LogP contribution in [0.2, 0.25) is 5.02 Å². The highest BCUT2D eigenvalue weighted by molar-refractivity contribution is 6.33. The third-order valence-electron chi connectivity index (χ3n) is 3.91. The van der Waals surface area contributed by atoms with Crippen LogP contribution in [-0.2, 0) is 6.42 Å². The van der Waals surface area contributed by atoms with Crippen molar-refractivity contribution >= 4 is 28.9 Å². The Labute approximate surface area is 129 Å².